The summed E-state index contributed by atoms with van der Waals surface area (Å²) in [5.74, 6) is 0.581. The van der Waals surface area contributed by atoms with Crippen LogP contribution in [0.15, 0.2) is 22.7 Å². The van der Waals surface area contributed by atoms with Crippen molar-refractivity contribution < 1.29 is 9.47 Å². The normalized spacial score (nSPS) is 16.8. The first-order valence-electron chi connectivity index (χ1n) is 6.41. The Morgan fingerprint density at radius 1 is 1.40 bits per heavy atom. The number of fused-ring (bicyclic) bond motifs is 1. The van der Waals surface area contributed by atoms with Crippen LogP contribution in [-0.4, -0.2) is 27.5 Å². The number of nitrogens with zero attached hydrogens (tertiary/aromatic N) is 3. The molecule has 0 radical (unpaired) electrons. The SMILES string of the molecule is COc1cccc(-c2nn3c(c2Br)COC(C)(C)C3)n1. The first-order chi connectivity index (χ1) is 9.50. The van der Waals surface area contributed by atoms with Gasteiger partial charge in [0.05, 0.1) is 41.7 Å². The number of hydrogen-bond acceptors (Lipinski definition) is 4. The number of methoxy groups -OCH3 is 1. The maximum atomic E-state index is 5.83. The van der Waals surface area contributed by atoms with Crippen molar-refractivity contribution in [2.75, 3.05) is 7.11 Å². The van der Waals surface area contributed by atoms with Crippen molar-refractivity contribution >= 4 is 15.9 Å². The second-order valence-corrected chi connectivity index (χ2v) is 6.17. The van der Waals surface area contributed by atoms with Gasteiger partial charge in [-0.1, -0.05) is 6.07 Å². The molecular formula is C14H16BrN3O2. The first kappa shape index (κ1) is 13.6. The van der Waals surface area contributed by atoms with Gasteiger partial charge in [0.25, 0.3) is 0 Å². The number of pyridine rings is 1. The molecule has 1 aliphatic rings. The Balaban J connectivity index is 2.05. The molecule has 0 spiro atoms. The fourth-order valence-electron chi connectivity index (χ4n) is 2.24. The number of halogens is 1. The molecule has 3 heterocycles. The zero-order valence-corrected chi connectivity index (χ0v) is 13.3. The van der Waals surface area contributed by atoms with Crippen LogP contribution >= 0.6 is 15.9 Å². The van der Waals surface area contributed by atoms with Gasteiger partial charge in [-0.2, -0.15) is 5.10 Å². The van der Waals surface area contributed by atoms with Gasteiger partial charge in [-0.3, -0.25) is 4.68 Å². The number of hydrogen-bond donors (Lipinski definition) is 0. The highest BCUT2D eigenvalue weighted by atomic mass is 79.9. The Labute approximate surface area is 126 Å². The largest absolute Gasteiger partial charge is 0.481 e. The average Bonchev–Trinajstić information content (AvgIpc) is 2.74. The monoisotopic (exact) mass is 337 g/mol. The van der Waals surface area contributed by atoms with Gasteiger partial charge in [-0.25, -0.2) is 4.98 Å². The third-order valence-electron chi connectivity index (χ3n) is 3.30. The topological polar surface area (TPSA) is 49.2 Å². The molecule has 0 bridgehead atoms. The smallest absolute Gasteiger partial charge is 0.213 e. The van der Waals surface area contributed by atoms with Crippen molar-refractivity contribution in [3.05, 3.63) is 28.4 Å². The molecule has 3 rings (SSSR count). The highest BCUT2D eigenvalue weighted by molar-refractivity contribution is 9.10. The Morgan fingerprint density at radius 2 is 2.20 bits per heavy atom. The van der Waals surface area contributed by atoms with E-state index >= 15 is 0 Å². The predicted molar refractivity (Wildman–Crippen MR) is 78.6 cm³/mol. The van der Waals surface area contributed by atoms with E-state index in [-0.39, 0.29) is 5.60 Å². The van der Waals surface area contributed by atoms with Crippen LogP contribution in [0.2, 0.25) is 0 Å². The first-order valence-corrected chi connectivity index (χ1v) is 7.20. The average molecular weight is 338 g/mol. The van der Waals surface area contributed by atoms with E-state index in [9.17, 15) is 0 Å². The second-order valence-electron chi connectivity index (χ2n) is 5.38. The fourth-order valence-corrected chi connectivity index (χ4v) is 2.84. The maximum absolute atomic E-state index is 5.83. The molecule has 0 amide bonds. The van der Waals surface area contributed by atoms with E-state index in [0.717, 1.165) is 28.1 Å². The Bertz CT molecular complexity index is 652. The summed E-state index contributed by atoms with van der Waals surface area (Å²) in [6.45, 7) is 5.40. The Hall–Kier alpha value is -1.40. The molecule has 2 aromatic rings. The van der Waals surface area contributed by atoms with Crippen LogP contribution in [0, 0.1) is 0 Å². The van der Waals surface area contributed by atoms with Gasteiger partial charge < -0.3 is 9.47 Å². The van der Waals surface area contributed by atoms with Crippen molar-refractivity contribution in [2.24, 2.45) is 0 Å². The molecule has 2 aromatic heterocycles. The maximum Gasteiger partial charge on any atom is 0.213 e. The van der Waals surface area contributed by atoms with Crippen molar-refractivity contribution in [2.45, 2.75) is 32.6 Å². The third-order valence-corrected chi connectivity index (χ3v) is 4.13. The van der Waals surface area contributed by atoms with E-state index in [1.807, 2.05) is 22.9 Å². The lowest BCUT2D eigenvalue weighted by molar-refractivity contribution is -0.0663. The molecule has 20 heavy (non-hydrogen) atoms. The summed E-state index contributed by atoms with van der Waals surface area (Å²) in [6.07, 6.45) is 0. The molecule has 0 N–H and O–H groups in total. The van der Waals surface area contributed by atoms with Gasteiger partial charge >= 0.3 is 0 Å². The lowest BCUT2D eigenvalue weighted by Gasteiger charge is -2.30. The zero-order chi connectivity index (χ0) is 14.3. The van der Waals surface area contributed by atoms with Crippen LogP contribution in [0.3, 0.4) is 0 Å². The van der Waals surface area contributed by atoms with E-state index < -0.39 is 0 Å². The molecule has 0 aromatic carbocycles. The van der Waals surface area contributed by atoms with E-state index in [1.165, 1.54) is 0 Å². The lowest BCUT2D eigenvalue weighted by atomic mass is 10.1. The van der Waals surface area contributed by atoms with Gasteiger partial charge in [0.15, 0.2) is 0 Å². The molecule has 0 saturated heterocycles. The second kappa shape index (κ2) is 4.86. The lowest BCUT2D eigenvalue weighted by Crippen LogP contribution is -2.36. The van der Waals surface area contributed by atoms with Crippen molar-refractivity contribution in [3.63, 3.8) is 0 Å². The highest BCUT2D eigenvalue weighted by Gasteiger charge is 2.30. The van der Waals surface area contributed by atoms with Crippen LogP contribution in [0.5, 0.6) is 5.88 Å². The van der Waals surface area contributed by atoms with Crippen LogP contribution in [0.4, 0.5) is 0 Å². The number of aromatic nitrogens is 3. The minimum atomic E-state index is -0.197. The molecule has 0 aliphatic carbocycles. The van der Waals surface area contributed by atoms with Gasteiger partial charge in [-0.05, 0) is 35.8 Å². The van der Waals surface area contributed by atoms with Crippen molar-refractivity contribution in [3.8, 4) is 17.3 Å². The molecule has 106 valence electrons. The summed E-state index contributed by atoms with van der Waals surface area (Å²) < 4.78 is 13.9. The molecule has 0 fully saturated rings. The van der Waals surface area contributed by atoms with Gasteiger partial charge in [0.2, 0.25) is 5.88 Å². The van der Waals surface area contributed by atoms with Crippen molar-refractivity contribution in [1.29, 1.82) is 0 Å². The minimum absolute atomic E-state index is 0.197. The molecule has 1 aliphatic heterocycles. The Morgan fingerprint density at radius 3 is 2.95 bits per heavy atom. The van der Waals surface area contributed by atoms with Gasteiger partial charge in [0.1, 0.15) is 5.69 Å². The summed E-state index contributed by atoms with van der Waals surface area (Å²) in [7, 11) is 1.61. The van der Waals surface area contributed by atoms with Crippen LogP contribution in [0.1, 0.15) is 19.5 Å². The van der Waals surface area contributed by atoms with E-state index in [4.69, 9.17) is 9.47 Å². The summed E-state index contributed by atoms with van der Waals surface area (Å²) >= 11 is 3.61. The standard InChI is InChI=1S/C14H16BrN3O2/c1-14(2)8-18-10(7-20-14)12(15)13(17-18)9-5-4-6-11(16-9)19-3/h4-6H,7-8H2,1-3H3. The fraction of sp³-hybridized carbons (Fsp3) is 0.429. The third kappa shape index (κ3) is 2.33. The van der Waals surface area contributed by atoms with Crippen molar-refractivity contribution in [1.82, 2.24) is 14.8 Å². The van der Waals surface area contributed by atoms with E-state index in [0.29, 0.717) is 12.5 Å². The highest BCUT2D eigenvalue weighted by Crippen LogP contribution is 2.34. The van der Waals surface area contributed by atoms with Crippen LogP contribution < -0.4 is 4.74 Å². The van der Waals surface area contributed by atoms with Gasteiger partial charge in [0, 0.05) is 6.07 Å². The molecule has 0 unspecified atom stereocenters. The van der Waals surface area contributed by atoms with E-state index in [1.54, 1.807) is 7.11 Å². The van der Waals surface area contributed by atoms with E-state index in [2.05, 4.69) is 39.9 Å². The number of ether oxygens (including phenoxy) is 2. The minimum Gasteiger partial charge on any atom is -0.481 e. The Kier molecular flexibility index (Phi) is 3.30. The summed E-state index contributed by atoms with van der Waals surface area (Å²) in [5, 5.41) is 4.66. The summed E-state index contributed by atoms with van der Waals surface area (Å²) in [5.41, 5.74) is 2.46. The zero-order valence-electron chi connectivity index (χ0n) is 11.7. The molecule has 5 nitrogen and oxygen atoms in total. The summed E-state index contributed by atoms with van der Waals surface area (Å²) in [6, 6.07) is 5.65. The molecule has 6 heteroatoms. The van der Waals surface area contributed by atoms with Crippen LogP contribution in [0.25, 0.3) is 11.4 Å². The molecule has 0 saturated carbocycles. The van der Waals surface area contributed by atoms with Crippen LogP contribution in [-0.2, 0) is 17.9 Å². The summed E-state index contributed by atoms with van der Waals surface area (Å²) in [4.78, 5) is 4.43. The molecular weight excluding hydrogens is 322 g/mol. The quantitative estimate of drug-likeness (QED) is 0.845. The predicted octanol–water partition coefficient (Wildman–Crippen LogP) is 3.03. The molecule has 0 atom stereocenters. The van der Waals surface area contributed by atoms with Gasteiger partial charge in [-0.15, -0.1) is 0 Å². The number of rotatable bonds is 2.